The fraction of sp³-hybridized carbons (Fsp3) is 0.238. The van der Waals surface area contributed by atoms with E-state index in [0.29, 0.717) is 6.04 Å². The molecule has 1 aromatic heterocycles. The Balaban J connectivity index is 0.00000140. The molecule has 3 aromatic rings. The van der Waals surface area contributed by atoms with Crippen LogP contribution in [0.5, 0.6) is 0 Å². The van der Waals surface area contributed by atoms with Gasteiger partial charge in [0.2, 0.25) is 0 Å². The molecule has 1 atom stereocenters. The molecule has 1 fully saturated rings. The van der Waals surface area contributed by atoms with E-state index in [-0.39, 0.29) is 24.8 Å². The summed E-state index contributed by atoms with van der Waals surface area (Å²) in [6.07, 6.45) is 0. The molecule has 4 rings (SSSR count). The van der Waals surface area contributed by atoms with Gasteiger partial charge in [-0.3, -0.25) is 4.90 Å². The zero-order valence-electron chi connectivity index (χ0n) is 15.2. The standard InChI is InChI=1S/C21H21ClN2S2.2ClH/c22-16-7-9-17(10-8-16)26-19-5-2-1-4-18(19)21(20-6-3-15-25-20)24-13-11-23-12-14-24;;/h1-10,15,21,23H,11-14H2;2*1H/t21-;;/m1../s1. The number of hydrogen-bond acceptors (Lipinski definition) is 4. The van der Waals surface area contributed by atoms with Crippen molar-refractivity contribution in [3.05, 3.63) is 81.5 Å². The van der Waals surface area contributed by atoms with Crippen molar-refractivity contribution >= 4 is 59.5 Å². The van der Waals surface area contributed by atoms with E-state index in [4.69, 9.17) is 11.6 Å². The number of thiophene rings is 1. The van der Waals surface area contributed by atoms with Gasteiger partial charge in [0.05, 0.1) is 6.04 Å². The Morgan fingerprint density at radius 2 is 1.64 bits per heavy atom. The van der Waals surface area contributed by atoms with Crippen LogP contribution in [-0.4, -0.2) is 31.1 Å². The molecule has 0 spiro atoms. The first kappa shape index (κ1) is 23.6. The van der Waals surface area contributed by atoms with Gasteiger partial charge < -0.3 is 5.32 Å². The number of halogens is 3. The molecule has 1 N–H and O–H groups in total. The predicted octanol–water partition coefficient (Wildman–Crippen LogP) is 6.39. The first-order chi connectivity index (χ1) is 12.8. The number of nitrogens with zero attached hydrogens (tertiary/aromatic N) is 1. The Morgan fingerprint density at radius 3 is 2.32 bits per heavy atom. The van der Waals surface area contributed by atoms with Crippen LogP contribution in [0.4, 0.5) is 0 Å². The first-order valence-electron chi connectivity index (χ1n) is 8.82. The molecule has 1 aliphatic heterocycles. The third-order valence-electron chi connectivity index (χ3n) is 4.58. The Labute approximate surface area is 192 Å². The Morgan fingerprint density at radius 1 is 0.929 bits per heavy atom. The SMILES string of the molecule is Cl.Cl.Clc1ccc(Sc2ccccc2[C@H](c2cccs2)N2CCNCC2)cc1. The van der Waals surface area contributed by atoms with Crippen molar-refractivity contribution in [2.24, 2.45) is 0 Å². The number of nitrogens with one attached hydrogen (secondary N) is 1. The van der Waals surface area contributed by atoms with E-state index in [9.17, 15) is 0 Å². The highest BCUT2D eigenvalue weighted by atomic mass is 35.5. The highest BCUT2D eigenvalue weighted by molar-refractivity contribution is 7.99. The summed E-state index contributed by atoms with van der Waals surface area (Å²) in [7, 11) is 0. The summed E-state index contributed by atoms with van der Waals surface area (Å²) in [6, 6.07) is 21.6. The minimum absolute atomic E-state index is 0. The highest BCUT2D eigenvalue weighted by Gasteiger charge is 2.26. The number of benzene rings is 2. The molecular formula is C21H23Cl3N2S2. The first-order valence-corrected chi connectivity index (χ1v) is 10.9. The van der Waals surface area contributed by atoms with Gasteiger partial charge in [-0.05, 0) is 47.3 Å². The molecule has 0 aliphatic carbocycles. The van der Waals surface area contributed by atoms with Gasteiger partial charge in [-0.1, -0.05) is 47.6 Å². The van der Waals surface area contributed by atoms with Crippen molar-refractivity contribution < 1.29 is 0 Å². The second-order valence-corrected chi connectivity index (χ2v) is 8.83. The van der Waals surface area contributed by atoms with Gasteiger partial charge in [0.25, 0.3) is 0 Å². The summed E-state index contributed by atoms with van der Waals surface area (Å²) in [4.78, 5) is 6.54. The van der Waals surface area contributed by atoms with E-state index in [1.165, 1.54) is 20.2 Å². The van der Waals surface area contributed by atoms with Crippen LogP contribution in [0.2, 0.25) is 5.02 Å². The molecule has 0 radical (unpaired) electrons. The molecule has 2 heterocycles. The van der Waals surface area contributed by atoms with Crippen LogP contribution in [0.1, 0.15) is 16.5 Å². The summed E-state index contributed by atoms with van der Waals surface area (Å²) in [5.41, 5.74) is 1.39. The van der Waals surface area contributed by atoms with Crippen LogP contribution in [0.15, 0.2) is 75.8 Å². The van der Waals surface area contributed by atoms with Gasteiger partial charge in [-0.15, -0.1) is 36.2 Å². The average molecular weight is 474 g/mol. The lowest BCUT2D eigenvalue weighted by molar-refractivity contribution is 0.199. The minimum Gasteiger partial charge on any atom is -0.314 e. The Hall–Kier alpha value is -0.720. The van der Waals surface area contributed by atoms with Crippen molar-refractivity contribution in [1.82, 2.24) is 10.2 Å². The van der Waals surface area contributed by atoms with E-state index in [1.54, 1.807) is 0 Å². The van der Waals surface area contributed by atoms with E-state index < -0.39 is 0 Å². The van der Waals surface area contributed by atoms with Crippen molar-refractivity contribution in [2.75, 3.05) is 26.2 Å². The monoisotopic (exact) mass is 472 g/mol. The van der Waals surface area contributed by atoms with E-state index >= 15 is 0 Å². The molecule has 0 amide bonds. The quantitative estimate of drug-likeness (QED) is 0.462. The minimum atomic E-state index is 0. The molecule has 150 valence electrons. The van der Waals surface area contributed by atoms with Crippen molar-refractivity contribution in [3.8, 4) is 0 Å². The van der Waals surface area contributed by atoms with Crippen LogP contribution >= 0.6 is 59.5 Å². The van der Waals surface area contributed by atoms with E-state index in [1.807, 2.05) is 35.2 Å². The summed E-state index contributed by atoms with van der Waals surface area (Å²) in [5, 5.41) is 6.43. The number of piperazine rings is 1. The summed E-state index contributed by atoms with van der Waals surface area (Å²) in [6.45, 7) is 4.24. The lowest BCUT2D eigenvalue weighted by Crippen LogP contribution is -2.45. The highest BCUT2D eigenvalue weighted by Crippen LogP contribution is 2.39. The zero-order valence-corrected chi connectivity index (χ0v) is 19.2. The van der Waals surface area contributed by atoms with Crippen molar-refractivity contribution in [3.63, 3.8) is 0 Å². The zero-order chi connectivity index (χ0) is 17.8. The largest absolute Gasteiger partial charge is 0.314 e. The number of hydrogen-bond donors (Lipinski definition) is 1. The fourth-order valence-electron chi connectivity index (χ4n) is 3.35. The molecule has 7 heteroatoms. The number of rotatable bonds is 5. The van der Waals surface area contributed by atoms with Crippen LogP contribution < -0.4 is 5.32 Å². The maximum atomic E-state index is 6.05. The van der Waals surface area contributed by atoms with Crippen LogP contribution in [0.25, 0.3) is 0 Å². The third-order valence-corrected chi connectivity index (χ3v) is 6.86. The topological polar surface area (TPSA) is 15.3 Å². The van der Waals surface area contributed by atoms with Crippen molar-refractivity contribution in [1.29, 1.82) is 0 Å². The van der Waals surface area contributed by atoms with Crippen LogP contribution in [0, 0.1) is 0 Å². The van der Waals surface area contributed by atoms with E-state index in [0.717, 1.165) is 31.2 Å². The van der Waals surface area contributed by atoms with Crippen LogP contribution in [-0.2, 0) is 0 Å². The molecule has 28 heavy (non-hydrogen) atoms. The summed E-state index contributed by atoms with van der Waals surface area (Å²) in [5.74, 6) is 0. The predicted molar refractivity (Wildman–Crippen MR) is 127 cm³/mol. The van der Waals surface area contributed by atoms with Gasteiger partial charge in [-0.25, -0.2) is 0 Å². The lowest BCUT2D eigenvalue weighted by Gasteiger charge is -2.35. The molecule has 0 bridgehead atoms. The molecule has 2 aromatic carbocycles. The third kappa shape index (κ3) is 5.67. The lowest BCUT2D eigenvalue weighted by atomic mass is 10.0. The van der Waals surface area contributed by atoms with Crippen LogP contribution in [0.3, 0.4) is 0 Å². The van der Waals surface area contributed by atoms with E-state index in [2.05, 4.69) is 64.1 Å². The molecule has 2 nitrogen and oxygen atoms in total. The molecule has 0 unspecified atom stereocenters. The Kier molecular flexibility index (Phi) is 9.64. The molecule has 1 saturated heterocycles. The second-order valence-electron chi connectivity index (χ2n) is 6.30. The second kappa shape index (κ2) is 11.5. The van der Waals surface area contributed by atoms with Gasteiger partial charge in [0, 0.05) is 45.9 Å². The summed E-state index contributed by atoms with van der Waals surface area (Å²) < 4.78 is 0. The maximum absolute atomic E-state index is 6.05. The molecule has 1 aliphatic rings. The van der Waals surface area contributed by atoms with Gasteiger partial charge in [0.15, 0.2) is 0 Å². The summed E-state index contributed by atoms with van der Waals surface area (Å²) >= 11 is 9.71. The Bertz CT molecular complexity index is 835. The smallest absolute Gasteiger partial charge is 0.0707 e. The average Bonchev–Trinajstić information content (AvgIpc) is 3.20. The fourth-order valence-corrected chi connectivity index (χ4v) is 5.32. The van der Waals surface area contributed by atoms with Crippen molar-refractivity contribution in [2.45, 2.75) is 15.8 Å². The maximum Gasteiger partial charge on any atom is 0.0707 e. The normalized spacial score (nSPS) is 15.3. The van der Waals surface area contributed by atoms with Gasteiger partial charge in [0.1, 0.15) is 0 Å². The molecular weight excluding hydrogens is 451 g/mol. The van der Waals surface area contributed by atoms with Gasteiger partial charge >= 0.3 is 0 Å². The van der Waals surface area contributed by atoms with Gasteiger partial charge in [-0.2, -0.15) is 0 Å². The molecule has 0 saturated carbocycles.